The molecule has 4 amide bonds. The number of rotatable bonds is 4. The molecule has 31 heavy (non-hydrogen) atoms. The van der Waals surface area contributed by atoms with E-state index in [9.17, 15) is 19.2 Å². The van der Waals surface area contributed by atoms with Gasteiger partial charge in [0.2, 0.25) is 0 Å². The van der Waals surface area contributed by atoms with E-state index in [2.05, 4.69) is 5.32 Å². The van der Waals surface area contributed by atoms with Gasteiger partial charge in [0, 0.05) is 5.56 Å². The number of nitrogens with one attached hydrogen (secondary N) is 1. The number of aromatic carboxylic acids is 1. The third-order valence-corrected chi connectivity index (χ3v) is 4.69. The molecule has 8 nitrogen and oxygen atoms in total. The average Bonchev–Trinajstić information content (AvgIpc) is 3.20. The predicted octanol–water partition coefficient (Wildman–Crippen LogP) is 3.62. The highest BCUT2D eigenvalue weighted by Gasteiger charge is 2.37. The number of barbiturate groups is 1. The molecule has 0 radical (unpaired) electrons. The molecular weight excluding hydrogens is 400 g/mol. The normalized spacial score (nSPS) is 15.3. The summed E-state index contributed by atoms with van der Waals surface area (Å²) in [5, 5.41) is 11.2. The fraction of sp³-hybridized carbons (Fsp3) is 0.0435. The van der Waals surface area contributed by atoms with Crippen LogP contribution in [0, 0.1) is 6.92 Å². The molecule has 0 bridgehead atoms. The van der Waals surface area contributed by atoms with Crippen LogP contribution < -0.4 is 10.2 Å². The van der Waals surface area contributed by atoms with E-state index in [-0.39, 0.29) is 16.9 Å². The molecule has 1 aromatic heterocycles. The number of furan rings is 1. The standard InChI is InChI=1S/C23H16N2O6/c1-13-3-2-4-16(11-13)25-21(27)18(20(26)24-23(25)30)12-17-9-10-19(31-17)14-5-7-15(8-6-14)22(28)29/h2-12H,1H3,(H,28,29)(H,24,26,30)/b18-12+. The Morgan fingerprint density at radius 2 is 1.77 bits per heavy atom. The molecule has 1 aliphatic heterocycles. The monoisotopic (exact) mass is 416 g/mol. The number of aryl methyl sites for hydroxylation is 1. The highest BCUT2D eigenvalue weighted by molar-refractivity contribution is 6.39. The van der Waals surface area contributed by atoms with Crippen LogP contribution in [-0.4, -0.2) is 28.9 Å². The summed E-state index contributed by atoms with van der Waals surface area (Å²) in [7, 11) is 0. The molecule has 1 fully saturated rings. The zero-order valence-corrected chi connectivity index (χ0v) is 16.3. The number of anilines is 1. The van der Waals surface area contributed by atoms with E-state index < -0.39 is 23.8 Å². The maximum atomic E-state index is 12.9. The second-order valence-electron chi connectivity index (χ2n) is 6.88. The number of benzene rings is 2. The molecule has 8 heteroatoms. The van der Waals surface area contributed by atoms with Gasteiger partial charge in [0.15, 0.2) is 0 Å². The van der Waals surface area contributed by atoms with Crippen molar-refractivity contribution in [2.45, 2.75) is 6.92 Å². The summed E-state index contributed by atoms with van der Waals surface area (Å²) in [6.45, 7) is 1.82. The third-order valence-electron chi connectivity index (χ3n) is 4.69. The molecule has 0 spiro atoms. The lowest BCUT2D eigenvalue weighted by Gasteiger charge is -2.26. The fourth-order valence-electron chi connectivity index (χ4n) is 3.16. The van der Waals surface area contributed by atoms with Crippen molar-refractivity contribution >= 4 is 35.6 Å². The molecule has 4 rings (SSSR count). The van der Waals surface area contributed by atoms with Gasteiger partial charge in [-0.25, -0.2) is 14.5 Å². The van der Waals surface area contributed by atoms with Gasteiger partial charge in [0.05, 0.1) is 11.3 Å². The minimum Gasteiger partial charge on any atom is -0.478 e. The Morgan fingerprint density at radius 1 is 1.03 bits per heavy atom. The fourth-order valence-corrected chi connectivity index (χ4v) is 3.16. The number of nitrogens with zero attached hydrogens (tertiary/aromatic N) is 1. The summed E-state index contributed by atoms with van der Waals surface area (Å²) < 4.78 is 5.70. The van der Waals surface area contributed by atoms with Crippen molar-refractivity contribution in [3.8, 4) is 11.3 Å². The van der Waals surface area contributed by atoms with Crippen LogP contribution in [0.15, 0.2) is 70.7 Å². The highest BCUT2D eigenvalue weighted by atomic mass is 16.4. The first-order chi connectivity index (χ1) is 14.8. The van der Waals surface area contributed by atoms with E-state index in [0.29, 0.717) is 17.0 Å². The van der Waals surface area contributed by atoms with Crippen molar-refractivity contribution in [1.82, 2.24) is 5.32 Å². The van der Waals surface area contributed by atoms with E-state index in [0.717, 1.165) is 10.5 Å². The van der Waals surface area contributed by atoms with E-state index in [4.69, 9.17) is 9.52 Å². The highest BCUT2D eigenvalue weighted by Crippen LogP contribution is 2.26. The number of carboxylic acids is 1. The molecule has 0 saturated carbocycles. The lowest BCUT2D eigenvalue weighted by Crippen LogP contribution is -2.54. The Labute approximate surface area is 176 Å². The molecule has 2 aromatic carbocycles. The summed E-state index contributed by atoms with van der Waals surface area (Å²) in [6, 6.07) is 15.3. The first-order valence-electron chi connectivity index (χ1n) is 9.25. The molecule has 2 heterocycles. The van der Waals surface area contributed by atoms with Crippen molar-refractivity contribution in [3.05, 3.63) is 83.1 Å². The Hall–Kier alpha value is -4.46. The summed E-state index contributed by atoms with van der Waals surface area (Å²) in [5.74, 6) is -1.95. The van der Waals surface area contributed by atoms with Crippen LogP contribution in [0.2, 0.25) is 0 Å². The zero-order chi connectivity index (χ0) is 22.1. The van der Waals surface area contributed by atoms with Crippen LogP contribution in [0.4, 0.5) is 10.5 Å². The molecule has 1 saturated heterocycles. The summed E-state index contributed by atoms with van der Waals surface area (Å²) in [5.41, 5.74) is 1.72. The first kappa shape index (κ1) is 19.8. The first-order valence-corrected chi connectivity index (χ1v) is 9.25. The predicted molar refractivity (Wildman–Crippen MR) is 111 cm³/mol. The number of urea groups is 1. The quantitative estimate of drug-likeness (QED) is 0.496. The van der Waals surface area contributed by atoms with Gasteiger partial charge in [-0.2, -0.15) is 0 Å². The van der Waals surface area contributed by atoms with Gasteiger partial charge in [-0.05, 0) is 55.0 Å². The average molecular weight is 416 g/mol. The minimum atomic E-state index is -1.04. The van der Waals surface area contributed by atoms with Crippen LogP contribution in [0.3, 0.4) is 0 Å². The maximum absolute atomic E-state index is 12.9. The van der Waals surface area contributed by atoms with Gasteiger partial charge in [-0.15, -0.1) is 0 Å². The van der Waals surface area contributed by atoms with Crippen molar-refractivity contribution in [3.63, 3.8) is 0 Å². The minimum absolute atomic E-state index is 0.142. The number of carboxylic acid groups (broad SMARTS) is 1. The number of carbonyl (C=O) groups is 4. The molecule has 1 aliphatic rings. The lowest BCUT2D eigenvalue weighted by atomic mass is 10.1. The molecule has 154 valence electrons. The van der Waals surface area contributed by atoms with Gasteiger partial charge >= 0.3 is 12.0 Å². The van der Waals surface area contributed by atoms with Crippen LogP contribution in [0.1, 0.15) is 21.7 Å². The lowest BCUT2D eigenvalue weighted by molar-refractivity contribution is -0.122. The van der Waals surface area contributed by atoms with Crippen LogP contribution in [0.25, 0.3) is 17.4 Å². The summed E-state index contributed by atoms with van der Waals surface area (Å²) in [6.07, 6.45) is 1.27. The number of imide groups is 2. The number of hydrogen-bond acceptors (Lipinski definition) is 5. The van der Waals surface area contributed by atoms with E-state index >= 15 is 0 Å². The van der Waals surface area contributed by atoms with Crippen molar-refractivity contribution in [2.24, 2.45) is 0 Å². The van der Waals surface area contributed by atoms with Gasteiger partial charge in [0.1, 0.15) is 17.1 Å². The zero-order valence-electron chi connectivity index (χ0n) is 16.3. The number of carbonyl (C=O) groups excluding carboxylic acids is 3. The number of amides is 4. The van der Waals surface area contributed by atoms with Crippen LogP contribution in [-0.2, 0) is 9.59 Å². The Morgan fingerprint density at radius 3 is 2.45 bits per heavy atom. The Kier molecular flexibility index (Phi) is 4.96. The maximum Gasteiger partial charge on any atom is 0.335 e. The van der Waals surface area contributed by atoms with Gasteiger partial charge in [-0.1, -0.05) is 24.3 Å². The Balaban J connectivity index is 1.64. The number of hydrogen-bond donors (Lipinski definition) is 2. The topological polar surface area (TPSA) is 117 Å². The molecule has 0 aliphatic carbocycles. The van der Waals surface area contributed by atoms with Crippen LogP contribution in [0.5, 0.6) is 0 Å². The molecule has 2 N–H and O–H groups in total. The largest absolute Gasteiger partial charge is 0.478 e. The van der Waals surface area contributed by atoms with Gasteiger partial charge in [-0.3, -0.25) is 14.9 Å². The van der Waals surface area contributed by atoms with Crippen molar-refractivity contribution in [2.75, 3.05) is 4.90 Å². The third kappa shape index (κ3) is 3.86. The molecule has 0 unspecified atom stereocenters. The molecular formula is C23H16N2O6. The SMILES string of the molecule is Cc1cccc(N2C(=O)NC(=O)/C(=C\c3ccc(-c4ccc(C(=O)O)cc4)o3)C2=O)c1. The second kappa shape index (κ2) is 7.75. The molecule has 0 atom stereocenters. The molecule has 3 aromatic rings. The van der Waals surface area contributed by atoms with E-state index in [1.54, 1.807) is 42.5 Å². The second-order valence-corrected chi connectivity index (χ2v) is 6.88. The van der Waals surface area contributed by atoms with E-state index in [1.807, 2.05) is 13.0 Å². The van der Waals surface area contributed by atoms with Crippen molar-refractivity contribution in [1.29, 1.82) is 0 Å². The van der Waals surface area contributed by atoms with Gasteiger partial charge < -0.3 is 9.52 Å². The Bertz CT molecular complexity index is 1250. The smallest absolute Gasteiger partial charge is 0.335 e. The van der Waals surface area contributed by atoms with Crippen LogP contribution >= 0.6 is 0 Å². The summed E-state index contributed by atoms with van der Waals surface area (Å²) in [4.78, 5) is 49.4. The van der Waals surface area contributed by atoms with Crippen molar-refractivity contribution < 1.29 is 28.7 Å². The van der Waals surface area contributed by atoms with Gasteiger partial charge in [0.25, 0.3) is 11.8 Å². The summed E-state index contributed by atoms with van der Waals surface area (Å²) >= 11 is 0. The van der Waals surface area contributed by atoms with E-state index in [1.165, 1.54) is 18.2 Å².